The molecule has 0 unspecified atom stereocenters. The number of ether oxygens (including phenoxy) is 1. The Hall–Kier alpha value is -3.64. The summed E-state index contributed by atoms with van der Waals surface area (Å²) in [7, 11) is 0. The number of aliphatic imine (C=N–C) groups is 1. The number of aromatic nitrogens is 1. The Morgan fingerprint density at radius 3 is 2.95 bits per heavy atom. The third-order valence-electron chi connectivity index (χ3n) is 6.79. The van der Waals surface area contributed by atoms with Crippen molar-refractivity contribution in [2.45, 2.75) is 31.5 Å². The number of nitrogens with zero attached hydrogens (tertiary/aromatic N) is 4. The van der Waals surface area contributed by atoms with Crippen molar-refractivity contribution in [3.8, 4) is 0 Å². The molecule has 1 spiro atoms. The fourth-order valence-corrected chi connectivity index (χ4v) is 5.97. The molecule has 1 amide bonds. The summed E-state index contributed by atoms with van der Waals surface area (Å²) in [4.78, 5) is 25.7. The molecule has 2 saturated heterocycles. The number of rotatable bonds is 8. The van der Waals surface area contributed by atoms with Crippen LogP contribution in [0, 0.1) is 11.2 Å². The molecular weight excluding hydrogens is 553 g/mol. The number of amides is 1. The fraction of sp³-hybridized carbons (Fsp3) is 0.308. The van der Waals surface area contributed by atoms with Gasteiger partial charge in [0.2, 0.25) is 0 Å². The number of carbonyl (C=O) groups excluding carboxylic acids is 1. The fourth-order valence-electron chi connectivity index (χ4n) is 5.06. The predicted molar refractivity (Wildman–Crippen MR) is 143 cm³/mol. The van der Waals surface area contributed by atoms with Crippen LogP contribution >= 0.6 is 22.9 Å². The molecule has 2 atom stereocenters. The second kappa shape index (κ2) is 10.9. The first kappa shape index (κ1) is 26.9. The third kappa shape index (κ3) is 5.06. The summed E-state index contributed by atoms with van der Waals surface area (Å²) in [6.07, 6.45) is 7.44. The molecule has 204 valence electrons. The molecule has 4 heterocycles. The van der Waals surface area contributed by atoms with E-state index in [1.54, 1.807) is 11.1 Å². The molecule has 8 nitrogen and oxygen atoms in total. The second-order valence-corrected chi connectivity index (χ2v) is 10.5. The maximum atomic E-state index is 14.0. The zero-order valence-corrected chi connectivity index (χ0v) is 22.3. The number of benzene rings is 1. The summed E-state index contributed by atoms with van der Waals surface area (Å²) < 4.78 is 45.0. The van der Waals surface area contributed by atoms with Gasteiger partial charge in [0, 0.05) is 52.6 Å². The lowest BCUT2D eigenvalue weighted by Gasteiger charge is -2.33. The van der Waals surface area contributed by atoms with Gasteiger partial charge >= 0.3 is 12.6 Å². The molecular formula is C26H24ClF3N6O2S. The topological polar surface area (TPSA) is 93.9 Å². The molecule has 1 aromatic carbocycles. The van der Waals surface area contributed by atoms with Crippen LogP contribution in [-0.4, -0.2) is 64.2 Å². The monoisotopic (exact) mass is 576 g/mol. The molecule has 2 fully saturated rings. The molecule has 2 N–H and O–H groups in total. The van der Waals surface area contributed by atoms with Gasteiger partial charge in [0.15, 0.2) is 10.8 Å². The number of carbonyl (C=O) groups is 1. The normalized spacial score (nSPS) is 23.0. The number of amidine groups is 1. The standard InChI is InChI=1S/C26H24ClF3N6O2S/c1-2-3-9-36-25(37)38-14-26(36)12-19-20(18(31)6-7-33-24(29)30)21(16-5-4-15(28)11-17(16)27)34-22(35(19)13-26)23-32-8-10-39-23/h2-8,10-11,21,24,31,33H,9,12-14H2,1H3/b3-2+,7-6-,31-18?/t21-,26+/m0/s1. The highest BCUT2D eigenvalue weighted by atomic mass is 35.5. The maximum Gasteiger partial charge on any atom is 0.410 e. The average molecular weight is 577 g/mol. The maximum absolute atomic E-state index is 14.0. The molecule has 5 rings (SSSR count). The van der Waals surface area contributed by atoms with Gasteiger partial charge in [0.1, 0.15) is 24.0 Å². The van der Waals surface area contributed by atoms with Gasteiger partial charge in [0.05, 0.1) is 12.3 Å². The Morgan fingerprint density at radius 2 is 2.26 bits per heavy atom. The van der Waals surface area contributed by atoms with E-state index >= 15 is 0 Å². The van der Waals surface area contributed by atoms with Gasteiger partial charge in [-0.1, -0.05) is 29.8 Å². The SMILES string of the molecule is C/C=C/CN1C(=O)OC[C@]12CC1=C(C(=N)/C=C\NC(F)F)[C@H](c3ccc(F)cc3Cl)N=C(c3nccs3)N1C2. The first-order valence-electron chi connectivity index (χ1n) is 12.0. The number of hydrogen-bond acceptors (Lipinski definition) is 8. The van der Waals surface area contributed by atoms with Crippen LogP contribution in [-0.2, 0) is 4.74 Å². The Kier molecular flexibility index (Phi) is 7.50. The lowest BCUT2D eigenvalue weighted by Crippen LogP contribution is -2.50. The molecule has 0 bridgehead atoms. The van der Waals surface area contributed by atoms with Crippen molar-refractivity contribution >= 4 is 40.6 Å². The summed E-state index contributed by atoms with van der Waals surface area (Å²) in [5, 5.41) is 13.3. The van der Waals surface area contributed by atoms with Crippen molar-refractivity contribution < 1.29 is 22.7 Å². The smallest absolute Gasteiger partial charge is 0.410 e. The van der Waals surface area contributed by atoms with Gasteiger partial charge in [-0.3, -0.25) is 9.89 Å². The number of hydrogen-bond donors (Lipinski definition) is 2. The van der Waals surface area contributed by atoms with Crippen molar-refractivity contribution in [1.29, 1.82) is 5.41 Å². The summed E-state index contributed by atoms with van der Waals surface area (Å²) >= 11 is 7.85. The van der Waals surface area contributed by atoms with Crippen molar-refractivity contribution in [1.82, 2.24) is 20.1 Å². The van der Waals surface area contributed by atoms with Crippen LogP contribution in [0.3, 0.4) is 0 Å². The van der Waals surface area contributed by atoms with Crippen molar-refractivity contribution in [3.63, 3.8) is 0 Å². The molecule has 0 radical (unpaired) electrons. The van der Waals surface area contributed by atoms with E-state index in [0.29, 0.717) is 47.2 Å². The van der Waals surface area contributed by atoms with Gasteiger partial charge in [-0.2, -0.15) is 8.78 Å². The van der Waals surface area contributed by atoms with E-state index in [4.69, 9.17) is 26.7 Å². The number of fused-ring (bicyclic) bond motifs is 1. The largest absolute Gasteiger partial charge is 0.447 e. The Balaban J connectivity index is 1.69. The molecule has 1 aromatic heterocycles. The van der Waals surface area contributed by atoms with Crippen LogP contribution < -0.4 is 5.32 Å². The number of halogens is 4. The van der Waals surface area contributed by atoms with Crippen molar-refractivity contribution in [2.24, 2.45) is 4.99 Å². The predicted octanol–water partition coefficient (Wildman–Crippen LogP) is 5.51. The highest BCUT2D eigenvalue weighted by molar-refractivity contribution is 7.11. The van der Waals surface area contributed by atoms with Crippen molar-refractivity contribution in [3.05, 3.63) is 86.9 Å². The number of nitrogens with one attached hydrogen (secondary N) is 2. The lowest BCUT2D eigenvalue weighted by molar-refractivity contribution is 0.125. The van der Waals surface area contributed by atoms with Crippen LogP contribution in [0.5, 0.6) is 0 Å². The summed E-state index contributed by atoms with van der Waals surface area (Å²) in [5.41, 5.74) is 0.661. The zero-order chi connectivity index (χ0) is 27.7. The zero-order valence-electron chi connectivity index (χ0n) is 20.7. The minimum absolute atomic E-state index is 0.0854. The molecule has 0 aliphatic carbocycles. The van der Waals surface area contributed by atoms with Gasteiger partial charge in [-0.25, -0.2) is 14.2 Å². The average Bonchev–Trinajstić information content (AvgIpc) is 3.62. The quantitative estimate of drug-likeness (QED) is 0.246. The van der Waals surface area contributed by atoms with Gasteiger partial charge < -0.3 is 20.4 Å². The number of alkyl halides is 2. The highest BCUT2D eigenvalue weighted by Crippen LogP contribution is 2.48. The van der Waals surface area contributed by atoms with E-state index in [0.717, 1.165) is 6.20 Å². The molecule has 2 aromatic rings. The second-order valence-electron chi connectivity index (χ2n) is 9.15. The van der Waals surface area contributed by atoms with Gasteiger partial charge in [0.25, 0.3) is 0 Å². The van der Waals surface area contributed by atoms with Crippen LogP contribution in [0.25, 0.3) is 0 Å². The molecule has 3 aliphatic rings. The number of thiazole rings is 1. The van der Waals surface area contributed by atoms with Crippen LogP contribution in [0.15, 0.2) is 70.5 Å². The molecule has 13 heteroatoms. The van der Waals surface area contributed by atoms with Crippen LogP contribution in [0.4, 0.5) is 18.0 Å². The highest BCUT2D eigenvalue weighted by Gasteiger charge is 2.56. The summed E-state index contributed by atoms with van der Waals surface area (Å²) in [5.74, 6) is -0.0180. The summed E-state index contributed by atoms with van der Waals surface area (Å²) in [6.45, 7) is -0.164. The van der Waals surface area contributed by atoms with E-state index in [1.807, 2.05) is 34.7 Å². The van der Waals surface area contributed by atoms with E-state index in [9.17, 15) is 18.0 Å². The van der Waals surface area contributed by atoms with E-state index in [2.05, 4.69) is 4.98 Å². The van der Waals surface area contributed by atoms with E-state index < -0.39 is 30.0 Å². The molecule has 3 aliphatic heterocycles. The first-order chi connectivity index (χ1) is 18.7. The molecule has 39 heavy (non-hydrogen) atoms. The number of allylic oxidation sites excluding steroid dienone is 2. The van der Waals surface area contributed by atoms with Crippen molar-refractivity contribution in [2.75, 3.05) is 19.7 Å². The first-order valence-corrected chi connectivity index (χ1v) is 13.3. The Morgan fingerprint density at radius 1 is 1.44 bits per heavy atom. The lowest BCUT2D eigenvalue weighted by atomic mass is 9.89. The molecule has 0 saturated carbocycles. The third-order valence-corrected chi connectivity index (χ3v) is 7.89. The summed E-state index contributed by atoms with van der Waals surface area (Å²) in [6, 6.07) is 3.07. The van der Waals surface area contributed by atoms with E-state index in [1.165, 1.54) is 35.6 Å². The van der Waals surface area contributed by atoms with Crippen LogP contribution in [0.2, 0.25) is 5.02 Å². The van der Waals surface area contributed by atoms with Gasteiger partial charge in [-0.15, -0.1) is 11.3 Å². The van der Waals surface area contributed by atoms with Crippen LogP contribution in [0.1, 0.15) is 30.0 Å². The number of cyclic esters (lactones) is 1. The Bertz CT molecular complexity index is 1410. The van der Waals surface area contributed by atoms with E-state index in [-0.39, 0.29) is 17.3 Å². The Labute approximate surface area is 231 Å². The minimum atomic E-state index is -2.80. The minimum Gasteiger partial charge on any atom is -0.447 e. The van der Waals surface area contributed by atoms with Gasteiger partial charge in [-0.05, 0) is 25.1 Å².